The number of carbonyl (C=O) groups is 5. The normalized spacial score (nSPS) is 15.5. The van der Waals surface area contributed by atoms with Gasteiger partial charge in [-0.1, -0.05) is 57.2 Å². The van der Waals surface area contributed by atoms with Gasteiger partial charge in [0.25, 0.3) is 15.9 Å². The number of primary amides is 1. The Morgan fingerprint density at radius 2 is 1.70 bits per heavy atom. The first kappa shape index (κ1) is 49.6. The number of unbranched alkanes of at least 4 members (excludes halogenated alkanes) is 1. The Kier molecular flexibility index (Phi) is 15.7. The van der Waals surface area contributed by atoms with E-state index in [1.54, 1.807) is 42.3 Å². The highest BCUT2D eigenvalue weighted by atomic mass is 32.2. The number of likely N-dealkylation sites (tertiary alicyclic amines) is 1. The lowest BCUT2D eigenvalue weighted by molar-refractivity contribution is -0.144. The van der Waals surface area contributed by atoms with Crippen LogP contribution in [0.25, 0.3) is 21.7 Å². The third-order valence-electron chi connectivity index (χ3n) is 10.7. The second kappa shape index (κ2) is 21.2. The zero-order chi connectivity index (χ0) is 48.6. The smallest absolute Gasteiger partial charge is 0.355 e. The second-order valence-electron chi connectivity index (χ2n) is 16.8. The van der Waals surface area contributed by atoms with E-state index < -0.39 is 69.0 Å². The molecule has 0 aliphatic carbocycles. The summed E-state index contributed by atoms with van der Waals surface area (Å²) >= 11 is 1.55. The molecule has 3 atom stereocenters. The first-order valence-electron chi connectivity index (χ1n) is 21.0. The van der Waals surface area contributed by atoms with E-state index in [9.17, 15) is 46.3 Å². The molecule has 0 spiro atoms. The van der Waals surface area contributed by atoms with Gasteiger partial charge >= 0.3 is 11.7 Å². The largest absolute Gasteiger partial charge is 0.462 e. The quantitative estimate of drug-likeness (QED) is 0.0431. The van der Waals surface area contributed by atoms with Crippen molar-refractivity contribution in [2.75, 3.05) is 23.2 Å². The van der Waals surface area contributed by atoms with E-state index in [0.717, 1.165) is 21.7 Å². The summed E-state index contributed by atoms with van der Waals surface area (Å²) in [4.78, 5) is 76.6. The lowest BCUT2D eigenvalue weighted by atomic mass is 9.85. The molecule has 8 N–H and O–H groups in total. The minimum Gasteiger partial charge on any atom is -0.462 e. The van der Waals surface area contributed by atoms with E-state index in [2.05, 4.69) is 36.1 Å². The van der Waals surface area contributed by atoms with Crippen molar-refractivity contribution in [3.05, 3.63) is 94.8 Å². The Hall–Kier alpha value is -6.85. The predicted molar refractivity (Wildman–Crippen MR) is 244 cm³/mol. The summed E-state index contributed by atoms with van der Waals surface area (Å²) < 4.78 is 55.6. The van der Waals surface area contributed by atoms with E-state index in [-0.39, 0.29) is 66.7 Å². The Labute approximate surface area is 388 Å². The number of rotatable bonds is 19. The topological polar surface area (TPSA) is 281 Å². The van der Waals surface area contributed by atoms with Crippen LogP contribution in [-0.2, 0) is 35.7 Å². The first-order valence-corrected chi connectivity index (χ1v) is 23.4. The Bertz CT molecular complexity index is 2690. The number of halogens is 2. The highest BCUT2D eigenvalue weighted by Crippen LogP contribution is 2.31. The van der Waals surface area contributed by atoms with Crippen molar-refractivity contribution >= 4 is 68.3 Å². The molecule has 5 aromatic rings. The van der Waals surface area contributed by atoms with Crippen molar-refractivity contribution in [3.8, 4) is 21.7 Å². The van der Waals surface area contributed by atoms with Gasteiger partial charge in [0.1, 0.15) is 35.0 Å². The van der Waals surface area contributed by atoms with Gasteiger partial charge in [0.05, 0.1) is 34.4 Å². The number of ether oxygens (including phenoxy) is 1. The number of sulfonamides is 1. The molecule has 4 heterocycles. The Balaban J connectivity index is 0.955. The van der Waals surface area contributed by atoms with Crippen molar-refractivity contribution in [2.24, 2.45) is 11.1 Å². The maximum absolute atomic E-state index is 14.0. The number of benzene rings is 2. The molecule has 6 rings (SSSR count). The zero-order valence-electron chi connectivity index (χ0n) is 36.8. The van der Waals surface area contributed by atoms with Crippen molar-refractivity contribution < 1.29 is 51.0 Å². The molecule has 19 nitrogen and oxygen atoms in total. The van der Waals surface area contributed by atoms with Crippen molar-refractivity contribution in [1.29, 1.82) is 0 Å². The molecule has 23 heteroatoms. The molecular formula is C44H50F2N10O9S2. The summed E-state index contributed by atoms with van der Waals surface area (Å²) in [6, 6.07) is 13.8. The van der Waals surface area contributed by atoms with E-state index in [0.29, 0.717) is 18.4 Å². The van der Waals surface area contributed by atoms with Gasteiger partial charge in [-0.2, -0.15) is 13.9 Å². The molecular weight excluding hydrogens is 915 g/mol. The molecule has 1 aliphatic heterocycles. The monoisotopic (exact) mass is 964 g/mol. The molecule has 1 aliphatic rings. The number of pyridine rings is 1. The number of nitrogens with two attached hydrogens (primary N) is 1. The van der Waals surface area contributed by atoms with Crippen LogP contribution in [0.1, 0.15) is 78.4 Å². The number of esters is 1. The van der Waals surface area contributed by atoms with Crippen molar-refractivity contribution in [1.82, 2.24) is 35.7 Å². The van der Waals surface area contributed by atoms with Gasteiger partial charge in [-0.15, -0.1) is 11.3 Å². The average Bonchev–Trinajstić information content (AvgIpc) is 4.02. The van der Waals surface area contributed by atoms with Crippen molar-refractivity contribution in [2.45, 2.75) is 83.9 Å². The van der Waals surface area contributed by atoms with Gasteiger partial charge < -0.3 is 36.4 Å². The summed E-state index contributed by atoms with van der Waals surface area (Å²) in [5.41, 5.74) is 9.74. The molecule has 2 aromatic carbocycles. The number of thiazole rings is 1. The zero-order valence-corrected chi connectivity index (χ0v) is 38.5. The van der Waals surface area contributed by atoms with Crippen molar-refractivity contribution in [3.63, 3.8) is 0 Å². The van der Waals surface area contributed by atoms with Crippen LogP contribution in [0.3, 0.4) is 0 Å². The fraction of sp³-hybridized carbons (Fsp3) is 0.364. The number of nitrogens with zero attached hydrogens (tertiary/aromatic N) is 4. The Morgan fingerprint density at radius 3 is 2.31 bits per heavy atom. The standard InChI is InChI=1S/C44H50F2N10O9S2/c1-24-36(66-23-50-24)27-10-8-25(9-11-27)20-49-40(60)31-19-30(57)22-56(31)41(61)37(44(2,3)4)52-33(58)7-5-6-18-65-42(62)28-14-17-32(48-21-28)51-39-34(38(47)59)35(53-54-39)26-12-15-29(16-13-26)55-67(63,64)43(45)46/h8-17,21,23,30-31,37,43,55,57H,5-7,18-20,22H2,1-4H3,(H2,47,59)(H,49,60)(H,52,58)(H2,48,51,53,54)/t30-,31+,37-/m1/s1. The van der Waals surface area contributed by atoms with Crippen LogP contribution in [0, 0.1) is 12.3 Å². The number of aliphatic hydroxyl groups is 1. The number of carbonyl (C=O) groups excluding carboxylic acids is 5. The van der Waals surface area contributed by atoms with E-state index in [1.807, 2.05) is 31.2 Å². The maximum atomic E-state index is 14.0. The summed E-state index contributed by atoms with van der Waals surface area (Å²) in [7, 11) is -4.89. The van der Waals surface area contributed by atoms with Crippen LogP contribution in [0.5, 0.6) is 0 Å². The highest BCUT2D eigenvalue weighted by Gasteiger charge is 2.44. The van der Waals surface area contributed by atoms with Crippen LogP contribution in [-0.4, -0.2) is 105 Å². The highest BCUT2D eigenvalue weighted by molar-refractivity contribution is 7.93. The first-order chi connectivity index (χ1) is 31.7. The van der Waals surface area contributed by atoms with Gasteiger partial charge in [-0.05, 0) is 60.6 Å². The number of hydrogen-bond acceptors (Lipinski definition) is 14. The van der Waals surface area contributed by atoms with Gasteiger partial charge in [-0.3, -0.25) is 29.0 Å². The summed E-state index contributed by atoms with van der Waals surface area (Å²) in [6.45, 7) is 7.46. The number of aryl methyl sites for hydroxylation is 1. The third kappa shape index (κ3) is 12.5. The third-order valence-corrected chi connectivity index (χ3v) is 12.6. The SMILES string of the molecule is Cc1ncsc1-c1ccc(CNC(=O)[C@@H]2C[C@@H](O)CN2C(=O)[C@@H](NC(=O)CCCCOC(=O)c2ccc(Nc3[nH]nc(-c4ccc(NS(=O)(=O)C(F)F)cc4)c3C(N)=O)nc2)C(C)(C)C)cc1. The molecule has 0 bridgehead atoms. The van der Waals surface area contributed by atoms with Gasteiger partial charge in [-0.25, -0.2) is 23.2 Å². The van der Waals surface area contributed by atoms with Crippen LogP contribution >= 0.6 is 11.3 Å². The van der Waals surface area contributed by atoms with E-state index >= 15 is 0 Å². The predicted octanol–water partition coefficient (Wildman–Crippen LogP) is 4.85. The molecule has 356 valence electrons. The number of hydrogen-bond donors (Lipinski definition) is 7. The number of anilines is 3. The molecule has 67 heavy (non-hydrogen) atoms. The maximum Gasteiger partial charge on any atom is 0.355 e. The number of amides is 4. The number of aromatic amines is 1. The summed E-state index contributed by atoms with van der Waals surface area (Å²) in [5, 5.41) is 25.9. The van der Waals surface area contributed by atoms with Crippen LogP contribution in [0.15, 0.2) is 72.4 Å². The molecule has 1 saturated heterocycles. The number of aromatic nitrogens is 4. The number of alkyl halides is 2. The summed E-state index contributed by atoms with van der Waals surface area (Å²) in [5.74, 6) is -6.28. The number of aliphatic hydroxyl groups excluding tert-OH is 1. The van der Waals surface area contributed by atoms with Crippen LogP contribution in [0.2, 0.25) is 0 Å². The molecule has 1 fully saturated rings. The molecule has 3 aromatic heterocycles. The number of β-amino-alcohol motifs (C(OH)–C–C–N with tert-alkyl or cyclic N) is 1. The average molecular weight is 965 g/mol. The fourth-order valence-electron chi connectivity index (χ4n) is 7.15. The van der Waals surface area contributed by atoms with Gasteiger partial charge in [0, 0.05) is 43.4 Å². The van der Waals surface area contributed by atoms with Gasteiger partial charge in [0.15, 0.2) is 0 Å². The lowest BCUT2D eigenvalue weighted by Crippen LogP contribution is -2.57. The minimum absolute atomic E-state index is 0.0178. The van der Waals surface area contributed by atoms with Gasteiger partial charge in [0.2, 0.25) is 17.7 Å². The minimum atomic E-state index is -4.89. The molecule has 0 radical (unpaired) electrons. The van der Waals surface area contributed by atoms with Crippen LogP contribution in [0.4, 0.5) is 26.1 Å². The Morgan fingerprint density at radius 1 is 1.00 bits per heavy atom. The van der Waals surface area contributed by atoms with Crippen LogP contribution < -0.4 is 26.4 Å². The fourth-order valence-corrected chi connectivity index (χ4v) is 8.52. The summed E-state index contributed by atoms with van der Waals surface area (Å²) in [6.07, 6.45) is 1.03. The molecule has 0 unspecified atom stereocenters. The number of H-pyrrole nitrogens is 1. The second-order valence-corrected chi connectivity index (χ2v) is 19.3. The number of nitrogens with one attached hydrogen (secondary N) is 5. The lowest BCUT2D eigenvalue weighted by Gasteiger charge is -2.35. The molecule has 4 amide bonds. The molecule has 0 saturated carbocycles. The van der Waals surface area contributed by atoms with E-state index in [4.69, 9.17) is 10.5 Å². The van der Waals surface area contributed by atoms with E-state index in [1.165, 1.54) is 47.5 Å².